The molecular formula is C19H15N3OS. The zero-order chi connectivity index (χ0) is 16.5. The molecule has 1 N–H and O–H groups in total. The molecule has 2 aromatic carbocycles. The Kier molecular flexibility index (Phi) is 3.63. The van der Waals surface area contributed by atoms with Gasteiger partial charge in [-0.3, -0.25) is 9.48 Å². The Morgan fingerprint density at radius 3 is 2.42 bits per heavy atom. The van der Waals surface area contributed by atoms with Gasteiger partial charge in [-0.05, 0) is 18.2 Å². The molecule has 118 valence electrons. The highest BCUT2D eigenvalue weighted by Crippen LogP contribution is 2.33. The number of aryl methyl sites for hydroxylation is 1. The first kappa shape index (κ1) is 14.7. The number of fused-ring (bicyclic) bond motifs is 1. The molecule has 4 nitrogen and oxygen atoms in total. The van der Waals surface area contributed by atoms with Crippen molar-refractivity contribution >= 4 is 33.1 Å². The van der Waals surface area contributed by atoms with Gasteiger partial charge in [0, 0.05) is 23.7 Å². The van der Waals surface area contributed by atoms with Crippen molar-refractivity contribution in [1.82, 2.24) is 9.78 Å². The van der Waals surface area contributed by atoms with E-state index < -0.39 is 0 Å². The number of anilines is 1. The number of hydrogen-bond acceptors (Lipinski definition) is 3. The van der Waals surface area contributed by atoms with Crippen LogP contribution in [0, 0.1) is 0 Å². The van der Waals surface area contributed by atoms with Crippen LogP contribution in [0.3, 0.4) is 0 Å². The number of aromatic nitrogens is 2. The molecule has 0 aliphatic rings. The number of thiophene rings is 1. The normalized spacial score (nSPS) is 10.9. The van der Waals surface area contributed by atoms with E-state index in [1.54, 1.807) is 0 Å². The van der Waals surface area contributed by atoms with Gasteiger partial charge in [-0.25, -0.2) is 0 Å². The van der Waals surface area contributed by atoms with E-state index in [9.17, 15) is 4.79 Å². The summed E-state index contributed by atoms with van der Waals surface area (Å²) in [6.07, 6.45) is 0. The number of rotatable bonds is 3. The summed E-state index contributed by atoms with van der Waals surface area (Å²) in [5, 5.41) is 8.54. The molecule has 0 radical (unpaired) electrons. The number of amides is 1. The molecule has 0 unspecified atom stereocenters. The van der Waals surface area contributed by atoms with E-state index in [-0.39, 0.29) is 5.91 Å². The summed E-state index contributed by atoms with van der Waals surface area (Å²) in [7, 11) is 1.91. The minimum Gasteiger partial charge on any atom is -0.321 e. The van der Waals surface area contributed by atoms with Crippen molar-refractivity contribution in [2.24, 2.45) is 7.05 Å². The second-order valence-corrected chi connectivity index (χ2v) is 6.52. The highest BCUT2D eigenvalue weighted by Gasteiger charge is 2.17. The summed E-state index contributed by atoms with van der Waals surface area (Å²) in [5.41, 5.74) is 2.75. The lowest BCUT2D eigenvalue weighted by atomic mass is 10.1. The zero-order valence-electron chi connectivity index (χ0n) is 13.1. The van der Waals surface area contributed by atoms with Crippen molar-refractivity contribution in [3.63, 3.8) is 0 Å². The quantitative estimate of drug-likeness (QED) is 0.598. The Bertz CT molecular complexity index is 1000. The number of hydrogen-bond donors (Lipinski definition) is 1. The summed E-state index contributed by atoms with van der Waals surface area (Å²) in [4.78, 5) is 14.2. The van der Waals surface area contributed by atoms with E-state index in [0.717, 1.165) is 27.2 Å². The second-order valence-electron chi connectivity index (χ2n) is 5.49. The Balaban J connectivity index is 1.72. The van der Waals surface area contributed by atoms with Crippen molar-refractivity contribution in [3.8, 4) is 11.3 Å². The Morgan fingerprint density at radius 1 is 1.04 bits per heavy atom. The lowest BCUT2D eigenvalue weighted by Gasteiger charge is -2.02. The average molecular weight is 333 g/mol. The van der Waals surface area contributed by atoms with E-state index in [0.29, 0.717) is 4.88 Å². The molecule has 0 spiro atoms. The molecule has 0 atom stereocenters. The molecular weight excluding hydrogens is 318 g/mol. The standard InChI is InChI=1S/C19H15N3OS/c1-22-19-15(17(21-22)13-8-4-2-5-9-13)12-16(24-19)18(23)20-14-10-6-3-7-11-14/h2-12H,1H3,(H,20,23). The third-order valence-electron chi connectivity index (χ3n) is 3.81. The van der Waals surface area contributed by atoms with Gasteiger partial charge in [-0.2, -0.15) is 5.10 Å². The first-order valence-corrected chi connectivity index (χ1v) is 8.42. The molecule has 0 saturated carbocycles. The molecule has 2 heterocycles. The van der Waals surface area contributed by atoms with Crippen LogP contribution in [0.25, 0.3) is 21.5 Å². The third-order valence-corrected chi connectivity index (χ3v) is 5.01. The number of para-hydroxylation sites is 1. The zero-order valence-corrected chi connectivity index (χ0v) is 13.9. The van der Waals surface area contributed by atoms with Gasteiger partial charge in [0.25, 0.3) is 5.91 Å². The fourth-order valence-electron chi connectivity index (χ4n) is 2.68. The summed E-state index contributed by atoms with van der Waals surface area (Å²) in [6, 6.07) is 21.4. The number of carbonyl (C=O) groups is 1. The predicted octanol–water partition coefficient (Wildman–Crippen LogP) is 4.55. The van der Waals surface area contributed by atoms with Crippen molar-refractivity contribution in [2.45, 2.75) is 0 Å². The molecule has 24 heavy (non-hydrogen) atoms. The number of nitrogens with zero attached hydrogens (tertiary/aromatic N) is 2. The van der Waals surface area contributed by atoms with Gasteiger partial charge in [0.1, 0.15) is 10.5 Å². The first-order valence-electron chi connectivity index (χ1n) is 7.61. The largest absolute Gasteiger partial charge is 0.321 e. The van der Waals surface area contributed by atoms with Crippen LogP contribution < -0.4 is 5.32 Å². The van der Waals surface area contributed by atoms with Crippen LogP contribution in [0.2, 0.25) is 0 Å². The molecule has 2 aromatic heterocycles. The molecule has 0 aliphatic heterocycles. The van der Waals surface area contributed by atoms with Crippen LogP contribution in [-0.2, 0) is 7.05 Å². The van der Waals surface area contributed by atoms with Gasteiger partial charge in [-0.15, -0.1) is 11.3 Å². The SMILES string of the molecule is Cn1nc(-c2ccccc2)c2cc(C(=O)Nc3ccccc3)sc21. The summed E-state index contributed by atoms with van der Waals surface area (Å²) in [6.45, 7) is 0. The van der Waals surface area contributed by atoms with Crippen molar-refractivity contribution in [1.29, 1.82) is 0 Å². The van der Waals surface area contributed by atoms with E-state index >= 15 is 0 Å². The van der Waals surface area contributed by atoms with E-state index in [1.165, 1.54) is 11.3 Å². The number of nitrogens with one attached hydrogen (secondary N) is 1. The summed E-state index contributed by atoms with van der Waals surface area (Å²) < 4.78 is 1.83. The van der Waals surface area contributed by atoms with Gasteiger partial charge in [-0.1, -0.05) is 48.5 Å². The van der Waals surface area contributed by atoms with Gasteiger partial charge >= 0.3 is 0 Å². The van der Waals surface area contributed by atoms with Gasteiger partial charge in [0.15, 0.2) is 0 Å². The van der Waals surface area contributed by atoms with Crippen molar-refractivity contribution in [3.05, 3.63) is 71.6 Å². The number of carbonyl (C=O) groups excluding carboxylic acids is 1. The van der Waals surface area contributed by atoms with Gasteiger partial charge < -0.3 is 5.32 Å². The first-order chi connectivity index (χ1) is 11.7. The highest BCUT2D eigenvalue weighted by molar-refractivity contribution is 7.20. The second kappa shape index (κ2) is 5.94. The molecule has 0 aliphatic carbocycles. The lowest BCUT2D eigenvalue weighted by molar-refractivity contribution is 0.103. The van der Waals surface area contributed by atoms with Gasteiger partial charge in [0.2, 0.25) is 0 Å². The Morgan fingerprint density at radius 2 is 1.71 bits per heavy atom. The number of benzene rings is 2. The van der Waals surface area contributed by atoms with Gasteiger partial charge in [0.05, 0.1) is 4.88 Å². The van der Waals surface area contributed by atoms with Crippen LogP contribution in [-0.4, -0.2) is 15.7 Å². The molecule has 0 saturated heterocycles. The molecule has 4 rings (SSSR count). The Labute approximate surface area is 143 Å². The van der Waals surface area contributed by atoms with E-state index in [4.69, 9.17) is 0 Å². The van der Waals surface area contributed by atoms with Crippen LogP contribution in [0.15, 0.2) is 66.7 Å². The van der Waals surface area contributed by atoms with Crippen molar-refractivity contribution < 1.29 is 4.79 Å². The van der Waals surface area contributed by atoms with E-state index in [2.05, 4.69) is 10.4 Å². The molecule has 4 aromatic rings. The van der Waals surface area contributed by atoms with Crippen LogP contribution in [0.1, 0.15) is 9.67 Å². The summed E-state index contributed by atoms with van der Waals surface area (Å²) in [5.74, 6) is -0.0959. The minimum absolute atomic E-state index is 0.0959. The molecule has 0 bridgehead atoms. The maximum atomic E-state index is 12.5. The predicted molar refractivity (Wildman–Crippen MR) is 98.4 cm³/mol. The molecule has 1 amide bonds. The topological polar surface area (TPSA) is 46.9 Å². The van der Waals surface area contributed by atoms with Crippen LogP contribution in [0.4, 0.5) is 5.69 Å². The average Bonchev–Trinajstić information content (AvgIpc) is 3.18. The molecule has 0 fully saturated rings. The monoisotopic (exact) mass is 333 g/mol. The smallest absolute Gasteiger partial charge is 0.265 e. The third kappa shape index (κ3) is 2.59. The molecule has 5 heteroatoms. The highest BCUT2D eigenvalue weighted by atomic mass is 32.1. The fourth-order valence-corrected chi connectivity index (χ4v) is 3.64. The van der Waals surface area contributed by atoms with Crippen molar-refractivity contribution in [2.75, 3.05) is 5.32 Å². The minimum atomic E-state index is -0.0959. The van der Waals surface area contributed by atoms with Crippen LogP contribution in [0.5, 0.6) is 0 Å². The summed E-state index contributed by atoms with van der Waals surface area (Å²) >= 11 is 1.46. The maximum Gasteiger partial charge on any atom is 0.265 e. The maximum absolute atomic E-state index is 12.5. The van der Waals surface area contributed by atoms with E-state index in [1.807, 2.05) is 78.5 Å². The van der Waals surface area contributed by atoms with Crippen LogP contribution >= 0.6 is 11.3 Å². The fraction of sp³-hybridized carbons (Fsp3) is 0.0526. The lowest BCUT2D eigenvalue weighted by Crippen LogP contribution is -2.09. The Hall–Kier alpha value is -2.92.